The van der Waals surface area contributed by atoms with E-state index in [-0.39, 0.29) is 17.1 Å². The minimum absolute atomic E-state index is 0.0391. The number of halogens is 1. The molecule has 1 aromatic carbocycles. The fraction of sp³-hybridized carbons (Fsp3) is 0.182. The Morgan fingerprint density at radius 2 is 2.07 bits per heavy atom. The third kappa shape index (κ3) is 2.56. The van der Waals surface area contributed by atoms with Crippen LogP contribution in [0.25, 0.3) is 0 Å². The number of alkyl halides is 1. The number of allylic oxidation sites excluding steroid dienone is 2. The number of ketones is 1. The van der Waals surface area contributed by atoms with Crippen molar-refractivity contribution < 1.29 is 19.4 Å². The first-order chi connectivity index (χ1) is 7.06. The summed E-state index contributed by atoms with van der Waals surface area (Å²) in [5.41, 5.74) is 0.432. The summed E-state index contributed by atoms with van der Waals surface area (Å²) in [7, 11) is 0. The normalized spacial score (nSPS) is 10.8. The first-order valence-corrected chi connectivity index (χ1v) is 4.35. The summed E-state index contributed by atoms with van der Waals surface area (Å²) < 4.78 is 11.8. The van der Waals surface area contributed by atoms with Crippen LogP contribution in [0.2, 0.25) is 0 Å². The van der Waals surface area contributed by atoms with E-state index in [1.54, 1.807) is 6.92 Å². The molecule has 4 heteroatoms. The molecule has 0 aliphatic rings. The molecule has 1 aromatic rings. The van der Waals surface area contributed by atoms with Crippen LogP contribution in [0.3, 0.4) is 0 Å². The van der Waals surface area contributed by atoms with Crippen LogP contribution in [0, 0.1) is 6.92 Å². The SMILES string of the molecule is Cc1cc(O)c(C(=O)/C=C/CF)cc1O. The number of carbonyl (C=O) groups is 1. The molecule has 1 rings (SSSR count). The van der Waals surface area contributed by atoms with Gasteiger partial charge in [0.25, 0.3) is 0 Å². The highest BCUT2D eigenvalue weighted by Gasteiger charge is 2.11. The van der Waals surface area contributed by atoms with E-state index < -0.39 is 12.5 Å². The number of aromatic hydroxyl groups is 2. The molecule has 0 amide bonds. The predicted molar refractivity (Wildman–Crippen MR) is 54.0 cm³/mol. The average Bonchev–Trinajstić information content (AvgIpc) is 2.20. The molecule has 0 radical (unpaired) electrons. The monoisotopic (exact) mass is 210 g/mol. The van der Waals surface area contributed by atoms with Gasteiger partial charge in [-0.25, -0.2) is 4.39 Å². The number of hydrogen-bond donors (Lipinski definition) is 2. The van der Waals surface area contributed by atoms with Gasteiger partial charge in [0, 0.05) is 0 Å². The fourth-order valence-corrected chi connectivity index (χ4v) is 1.12. The number of rotatable bonds is 3. The van der Waals surface area contributed by atoms with Crippen molar-refractivity contribution in [3.05, 3.63) is 35.4 Å². The predicted octanol–water partition coefficient (Wildman–Crippen LogP) is 2.11. The average molecular weight is 210 g/mol. The zero-order chi connectivity index (χ0) is 11.4. The maximum Gasteiger partial charge on any atom is 0.189 e. The maximum atomic E-state index is 11.8. The summed E-state index contributed by atoms with van der Waals surface area (Å²) >= 11 is 0. The van der Waals surface area contributed by atoms with E-state index in [0.29, 0.717) is 5.56 Å². The molecule has 0 unspecified atom stereocenters. The van der Waals surface area contributed by atoms with Crippen molar-refractivity contribution in [1.29, 1.82) is 0 Å². The van der Waals surface area contributed by atoms with Gasteiger partial charge in [-0.1, -0.05) is 0 Å². The van der Waals surface area contributed by atoms with E-state index >= 15 is 0 Å². The molecule has 0 heterocycles. The standard InChI is InChI=1S/C11H11FO3/c1-7-5-11(15)8(6-10(7)14)9(13)3-2-4-12/h2-3,5-6,14-15H,4H2,1H3/b3-2+. The van der Waals surface area contributed by atoms with Crippen LogP contribution in [-0.4, -0.2) is 22.7 Å². The molecule has 15 heavy (non-hydrogen) atoms. The van der Waals surface area contributed by atoms with Crippen molar-refractivity contribution in [1.82, 2.24) is 0 Å². The number of benzene rings is 1. The van der Waals surface area contributed by atoms with Gasteiger partial charge in [0.2, 0.25) is 0 Å². The van der Waals surface area contributed by atoms with Crippen molar-refractivity contribution in [3.8, 4) is 11.5 Å². The molecule has 2 N–H and O–H groups in total. The molecule has 0 aliphatic heterocycles. The second kappa shape index (κ2) is 4.59. The summed E-state index contributed by atoms with van der Waals surface area (Å²) in [5.74, 6) is -0.843. The van der Waals surface area contributed by atoms with Gasteiger partial charge in [-0.05, 0) is 36.8 Å². The molecule has 0 spiro atoms. The lowest BCUT2D eigenvalue weighted by atomic mass is 10.1. The van der Waals surface area contributed by atoms with Gasteiger partial charge >= 0.3 is 0 Å². The van der Waals surface area contributed by atoms with Gasteiger partial charge in [-0.2, -0.15) is 0 Å². The zero-order valence-corrected chi connectivity index (χ0v) is 8.20. The van der Waals surface area contributed by atoms with Crippen molar-refractivity contribution in [2.24, 2.45) is 0 Å². The molecular weight excluding hydrogens is 199 g/mol. The van der Waals surface area contributed by atoms with Crippen molar-refractivity contribution in [2.45, 2.75) is 6.92 Å². The third-order valence-corrected chi connectivity index (χ3v) is 1.94. The lowest BCUT2D eigenvalue weighted by Gasteiger charge is -2.04. The van der Waals surface area contributed by atoms with Gasteiger partial charge in [0.1, 0.15) is 18.2 Å². The molecule has 0 aromatic heterocycles. The van der Waals surface area contributed by atoms with Gasteiger partial charge < -0.3 is 10.2 Å². The van der Waals surface area contributed by atoms with Crippen LogP contribution < -0.4 is 0 Å². The Bertz CT molecular complexity index is 411. The molecule has 80 valence electrons. The van der Waals surface area contributed by atoms with Crippen LogP contribution in [0.5, 0.6) is 11.5 Å². The molecule has 0 atom stereocenters. The Morgan fingerprint density at radius 1 is 1.40 bits per heavy atom. The maximum absolute atomic E-state index is 11.8. The minimum Gasteiger partial charge on any atom is -0.508 e. The smallest absolute Gasteiger partial charge is 0.189 e. The van der Waals surface area contributed by atoms with E-state index in [1.807, 2.05) is 0 Å². The fourth-order valence-electron chi connectivity index (χ4n) is 1.12. The molecule has 0 bridgehead atoms. The number of phenols is 2. The van der Waals surface area contributed by atoms with Crippen molar-refractivity contribution in [3.63, 3.8) is 0 Å². The van der Waals surface area contributed by atoms with E-state index in [2.05, 4.69) is 0 Å². The number of aryl methyl sites for hydroxylation is 1. The molecule has 0 saturated heterocycles. The van der Waals surface area contributed by atoms with Crippen LogP contribution in [-0.2, 0) is 0 Å². The second-order valence-electron chi connectivity index (χ2n) is 3.08. The summed E-state index contributed by atoms with van der Waals surface area (Å²) in [6.07, 6.45) is 2.06. The summed E-state index contributed by atoms with van der Waals surface area (Å²) in [6.45, 7) is 0.852. The van der Waals surface area contributed by atoms with Crippen LogP contribution in [0.1, 0.15) is 15.9 Å². The topological polar surface area (TPSA) is 57.5 Å². The van der Waals surface area contributed by atoms with Gasteiger partial charge in [0.15, 0.2) is 5.78 Å². The Balaban J connectivity index is 3.09. The number of carbonyl (C=O) groups excluding carboxylic acids is 1. The molecule has 0 saturated carbocycles. The molecule has 0 aliphatic carbocycles. The number of phenolic OH excluding ortho intramolecular Hbond substituents is 2. The lowest BCUT2D eigenvalue weighted by molar-refractivity contribution is 0.104. The summed E-state index contributed by atoms with van der Waals surface area (Å²) in [6, 6.07) is 2.45. The highest BCUT2D eigenvalue weighted by molar-refractivity contribution is 6.06. The molecular formula is C11H11FO3. The van der Waals surface area contributed by atoms with E-state index in [4.69, 9.17) is 0 Å². The van der Waals surface area contributed by atoms with E-state index in [0.717, 1.165) is 18.2 Å². The van der Waals surface area contributed by atoms with Gasteiger partial charge in [-0.15, -0.1) is 0 Å². The summed E-state index contributed by atoms with van der Waals surface area (Å²) in [4.78, 5) is 11.4. The zero-order valence-electron chi connectivity index (χ0n) is 8.20. The summed E-state index contributed by atoms with van der Waals surface area (Å²) in [5, 5.41) is 18.8. The highest BCUT2D eigenvalue weighted by atomic mass is 19.1. The van der Waals surface area contributed by atoms with Gasteiger partial charge in [0.05, 0.1) is 5.56 Å². The number of hydrogen-bond acceptors (Lipinski definition) is 3. The first-order valence-electron chi connectivity index (χ1n) is 4.35. The minimum atomic E-state index is -0.746. The highest BCUT2D eigenvalue weighted by Crippen LogP contribution is 2.26. The Morgan fingerprint density at radius 3 is 2.67 bits per heavy atom. The Hall–Kier alpha value is -1.84. The second-order valence-corrected chi connectivity index (χ2v) is 3.08. The molecule has 3 nitrogen and oxygen atoms in total. The molecule has 0 fully saturated rings. The van der Waals surface area contributed by atoms with Crippen molar-refractivity contribution >= 4 is 5.78 Å². The lowest BCUT2D eigenvalue weighted by Crippen LogP contribution is -1.95. The Labute approximate surface area is 86.5 Å². The van der Waals surface area contributed by atoms with Crippen molar-refractivity contribution in [2.75, 3.05) is 6.67 Å². The largest absolute Gasteiger partial charge is 0.508 e. The van der Waals surface area contributed by atoms with Crippen LogP contribution in [0.15, 0.2) is 24.3 Å². The first kappa shape index (κ1) is 11.2. The van der Waals surface area contributed by atoms with Gasteiger partial charge in [-0.3, -0.25) is 4.79 Å². The third-order valence-electron chi connectivity index (χ3n) is 1.94. The Kier molecular flexibility index (Phi) is 3.44. The van der Waals surface area contributed by atoms with E-state index in [1.165, 1.54) is 6.07 Å². The van der Waals surface area contributed by atoms with Crippen LogP contribution in [0.4, 0.5) is 4.39 Å². The van der Waals surface area contributed by atoms with E-state index in [9.17, 15) is 19.4 Å². The van der Waals surface area contributed by atoms with Crippen LogP contribution >= 0.6 is 0 Å². The quantitative estimate of drug-likeness (QED) is 0.456.